The summed E-state index contributed by atoms with van der Waals surface area (Å²) < 4.78 is 5.25. The van der Waals surface area contributed by atoms with E-state index in [1.54, 1.807) is 30.3 Å². The Balaban J connectivity index is 2.20. The van der Waals surface area contributed by atoms with Gasteiger partial charge in [0.1, 0.15) is 12.4 Å². The molecule has 0 aliphatic rings. The molecule has 4 heteroatoms. The van der Waals surface area contributed by atoms with Crippen molar-refractivity contribution in [3.8, 4) is 11.8 Å². The monoisotopic (exact) mass is 283 g/mol. The topological polar surface area (TPSA) is 53.7 Å². The normalized spacial score (nSPS) is 9.86. The lowest BCUT2D eigenvalue weighted by molar-refractivity contribution is 0.0775. The van der Waals surface area contributed by atoms with Crippen LogP contribution in [-0.4, -0.2) is 29.6 Å². The van der Waals surface area contributed by atoms with Crippen molar-refractivity contribution in [3.63, 3.8) is 0 Å². The number of amides is 1. The van der Waals surface area contributed by atoms with Gasteiger partial charge < -0.3 is 14.4 Å². The first kappa shape index (κ1) is 14.9. The lowest BCUT2D eigenvalue weighted by Crippen LogP contribution is -2.26. The van der Waals surface area contributed by atoms with Gasteiger partial charge in [-0.25, -0.2) is 0 Å². The van der Waals surface area contributed by atoms with E-state index < -0.39 is 0 Å². The van der Waals surface area contributed by atoms with Crippen molar-refractivity contribution < 1.29 is 14.3 Å². The lowest BCUT2D eigenvalue weighted by atomic mass is 10.1. The average molecular weight is 283 g/mol. The number of aryl methyl sites for hydroxylation is 1. The number of aliphatic hydroxyl groups excluding tert-OH is 1. The fourth-order valence-electron chi connectivity index (χ4n) is 2.05. The van der Waals surface area contributed by atoms with Crippen LogP contribution in [0.2, 0.25) is 0 Å². The number of hydrogen-bond acceptors (Lipinski definition) is 3. The van der Waals surface area contributed by atoms with Gasteiger partial charge in [0.05, 0.1) is 12.8 Å². The highest BCUT2D eigenvalue weighted by Gasteiger charge is 2.14. The van der Waals surface area contributed by atoms with E-state index in [9.17, 15) is 4.79 Å². The zero-order valence-electron chi connectivity index (χ0n) is 12.1. The van der Waals surface area contributed by atoms with Crippen LogP contribution in [0.4, 0.5) is 0 Å². The average Bonchev–Trinajstić information content (AvgIpc) is 2.96. The minimum Gasteiger partial charge on any atom is -0.467 e. The quantitative estimate of drug-likeness (QED) is 0.879. The molecule has 1 aromatic heterocycles. The molecule has 0 aliphatic heterocycles. The van der Waals surface area contributed by atoms with Crippen molar-refractivity contribution in [1.29, 1.82) is 0 Å². The van der Waals surface area contributed by atoms with E-state index >= 15 is 0 Å². The molecule has 1 N–H and O–H groups in total. The molecule has 2 aromatic rings. The molecule has 0 saturated heterocycles. The van der Waals surface area contributed by atoms with Crippen LogP contribution in [0.5, 0.6) is 0 Å². The molecule has 1 amide bonds. The number of rotatable bonds is 3. The molecule has 1 heterocycles. The van der Waals surface area contributed by atoms with Crippen LogP contribution in [0.3, 0.4) is 0 Å². The van der Waals surface area contributed by atoms with Crippen molar-refractivity contribution in [2.24, 2.45) is 0 Å². The first-order chi connectivity index (χ1) is 10.1. The molecular weight excluding hydrogens is 266 g/mol. The second kappa shape index (κ2) is 6.78. The zero-order chi connectivity index (χ0) is 15.2. The van der Waals surface area contributed by atoms with Crippen LogP contribution in [-0.2, 0) is 6.54 Å². The van der Waals surface area contributed by atoms with Crippen molar-refractivity contribution in [2.75, 3.05) is 13.7 Å². The Kier molecular flexibility index (Phi) is 4.81. The number of aliphatic hydroxyl groups is 1. The van der Waals surface area contributed by atoms with Gasteiger partial charge in [-0.2, -0.15) is 0 Å². The molecule has 4 nitrogen and oxygen atoms in total. The van der Waals surface area contributed by atoms with Crippen LogP contribution < -0.4 is 0 Å². The summed E-state index contributed by atoms with van der Waals surface area (Å²) in [5.41, 5.74) is 2.25. The zero-order valence-corrected chi connectivity index (χ0v) is 12.1. The number of furan rings is 1. The number of nitrogens with zero attached hydrogens (tertiary/aromatic N) is 1. The fourth-order valence-corrected chi connectivity index (χ4v) is 2.05. The summed E-state index contributed by atoms with van der Waals surface area (Å²) in [6.07, 6.45) is 1.59. The van der Waals surface area contributed by atoms with Crippen molar-refractivity contribution in [2.45, 2.75) is 13.5 Å². The number of carbonyl (C=O) groups excluding carboxylic acids is 1. The van der Waals surface area contributed by atoms with E-state index in [4.69, 9.17) is 9.52 Å². The first-order valence-corrected chi connectivity index (χ1v) is 6.59. The van der Waals surface area contributed by atoms with Crippen molar-refractivity contribution in [3.05, 3.63) is 59.0 Å². The highest BCUT2D eigenvalue weighted by atomic mass is 16.3. The molecule has 108 valence electrons. The van der Waals surface area contributed by atoms with E-state index in [0.717, 1.165) is 16.9 Å². The summed E-state index contributed by atoms with van der Waals surface area (Å²) in [5.74, 6) is 6.05. The van der Waals surface area contributed by atoms with Gasteiger partial charge in [0.15, 0.2) is 0 Å². The minimum absolute atomic E-state index is 0.0952. The Hall–Kier alpha value is -2.51. The van der Waals surface area contributed by atoms with Crippen LogP contribution >= 0.6 is 0 Å². The third-order valence-corrected chi connectivity index (χ3v) is 2.96. The Bertz CT molecular complexity index is 678. The summed E-state index contributed by atoms with van der Waals surface area (Å²) in [4.78, 5) is 14.0. The van der Waals surface area contributed by atoms with Crippen LogP contribution in [0, 0.1) is 18.8 Å². The smallest absolute Gasteiger partial charge is 0.254 e. The largest absolute Gasteiger partial charge is 0.467 e. The molecule has 0 unspecified atom stereocenters. The minimum atomic E-state index is -0.199. The summed E-state index contributed by atoms with van der Waals surface area (Å²) in [6, 6.07) is 9.06. The Morgan fingerprint density at radius 3 is 2.86 bits per heavy atom. The van der Waals surface area contributed by atoms with Gasteiger partial charge in [-0.05, 0) is 42.8 Å². The van der Waals surface area contributed by atoms with Gasteiger partial charge in [0.2, 0.25) is 0 Å². The molecule has 0 bridgehead atoms. The summed E-state index contributed by atoms with van der Waals surface area (Å²) >= 11 is 0. The highest BCUT2D eigenvalue weighted by molar-refractivity contribution is 5.94. The summed E-state index contributed by atoms with van der Waals surface area (Å²) in [6.45, 7) is 2.13. The summed E-state index contributed by atoms with van der Waals surface area (Å²) in [5, 5.41) is 8.75. The van der Waals surface area contributed by atoms with E-state index in [1.807, 2.05) is 25.1 Å². The molecule has 21 heavy (non-hydrogen) atoms. The SMILES string of the molecule is Cc1cc(C#CCO)cc(C(=O)N(C)Cc2ccco2)c1. The van der Waals surface area contributed by atoms with Crippen LogP contribution in [0.25, 0.3) is 0 Å². The van der Waals surface area contributed by atoms with Gasteiger partial charge in [-0.3, -0.25) is 4.79 Å². The Morgan fingerprint density at radius 1 is 1.38 bits per heavy atom. The van der Waals surface area contributed by atoms with E-state index in [-0.39, 0.29) is 12.5 Å². The molecule has 0 aliphatic carbocycles. The van der Waals surface area contributed by atoms with Gasteiger partial charge in [-0.15, -0.1) is 0 Å². The number of hydrogen-bond donors (Lipinski definition) is 1. The molecule has 0 saturated carbocycles. The predicted molar refractivity (Wildman–Crippen MR) is 79.6 cm³/mol. The van der Waals surface area contributed by atoms with Gasteiger partial charge in [0.25, 0.3) is 5.91 Å². The standard InChI is InChI=1S/C17H17NO3/c1-13-9-14(5-3-7-19)11-15(10-13)17(20)18(2)12-16-6-4-8-21-16/h4,6,8-11,19H,7,12H2,1-2H3. The fraction of sp³-hybridized carbons (Fsp3) is 0.235. The molecule has 0 radical (unpaired) electrons. The number of benzene rings is 1. The lowest BCUT2D eigenvalue weighted by Gasteiger charge is -2.16. The number of carbonyl (C=O) groups is 1. The van der Waals surface area contributed by atoms with Gasteiger partial charge in [-0.1, -0.05) is 11.8 Å². The molecular formula is C17H17NO3. The first-order valence-electron chi connectivity index (χ1n) is 6.59. The summed E-state index contributed by atoms with van der Waals surface area (Å²) in [7, 11) is 1.73. The highest BCUT2D eigenvalue weighted by Crippen LogP contribution is 2.13. The van der Waals surface area contributed by atoms with Gasteiger partial charge in [0, 0.05) is 18.2 Å². The van der Waals surface area contributed by atoms with Gasteiger partial charge >= 0.3 is 0 Å². The maximum Gasteiger partial charge on any atom is 0.254 e. The molecule has 2 rings (SSSR count). The second-order valence-electron chi connectivity index (χ2n) is 4.79. The second-order valence-corrected chi connectivity index (χ2v) is 4.79. The van der Waals surface area contributed by atoms with E-state index in [2.05, 4.69) is 11.8 Å². The Labute approximate surface area is 124 Å². The Morgan fingerprint density at radius 2 is 2.19 bits per heavy atom. The third-order valence-electron chi connectivity index (χ3n) is 2.96. The van der Waals surface area contributed by atoms with Crippen LogP contribution in [0.15, 0.2) is 41.0 Å². The van der Waals surface area contributed by atoms with E-state index in [1.165, 1.54) is 0 Å². The molecule has 0 spiro atoms. The molecule has 0 fully saturated rings. The predicted octanol–water partition coefficient (Wildman–Crippen LogP) is 2.20. The van der Waals surface area contributed by atoms with Crippen molar-refractivity contribution in [1.82, 2.24) is 4.90 Å². The third kappa shape index (κ3) is 3.98. The molecule has 0 atom stereocenters. The maximum atomic E-state index is 12.4. The van der Waals surface area contributed by atoms with Crippen molar-refractivity contribution >= 4 is 5.91 Å². The van der Waals surface area contributed by atoms with Crippen LogP contribution in [0.1, 0.15) is 27.2 Å². The molecule has 1 aromatic carbocycles. The maximum absolute atomic E-state index is 12.4. The van der Waals surface area contributed by atoms with E-state index in [0.29, 0.717) is 12.1 Å².